The average molecular weight is 324 g/mol. The van der Waals surface area contributed by atoms with Crippen LogP contribution in [0.15, 0.2) is 28.8 Å². The Hall–Kier alpha value is -1.92. The number of nitrogens with zero attached hydrogens (tertiary/aromatic N) is 2. The van der Waals surface area contributed by atoms with Gasteiger partial charge < -0.3 is 14.9 Å². The highest BCUT2D eigenvalue weighted by Crippen LogP contribution is 2.16. The number of halogens is 1. The number of aliphatic hydroxyl groups excluding tert-OH is 1. The van der Waals surface area contributed by atoms with Gasteiger partial charge in [-0.3, -0.25) is 4.79 Å². The molecule has 22 heavy (non-hydrogen) atoms. The first-order chi connectivity index (χ1) is 10.5. The molecular formula is C15H18ClN3O3. The van der Waals surface area contributed by atoms with Crippen molar-refractivity contribution in [3.8, 4) is 0 Å². The van der Waals surface area contributed by atoms with Gasteiger partial charge in [-0.05, 0) is 17.7 Å². The largest absolute Gasteiger partial charge is 0.378 e. The quantitative estimate of drug-likeness (QED) is 0.851. The second kappa shape index (κ2) is 7.38. The highest BCUT2D eigenvalue weighted by Gasteiger charge is 2.17. The number of rotatable bonds is 6. The summed E-state index contributed by atoms with van der Waals surface area (Å²) in [5.74, 6) is 0.796. The van der Waals surface area contributed by atoms with E-state index in [0.29, 0.717) is 35.3 Å². The van der Waals surface area contributed by atoms with Gasteiger partial charge in [0.05, 0.1) is 0 Å². The summed E-state index contributed by atoms with van der Waals surface area (Å²) >= 11 is 5.77. The van der Waals surface area contributed by atoms with Crippen LogP contribution in [0.1, 0.15) is 43.1 Å². The summed E-state index contributed by atoms with van der Waals surface area (Å²) in [6, 6.07) is 6.47. The second-order valence-electron chi connectivity index (χ2n) is 5.20. The molecule has 1 heterocycles. The number of benzene rings is 1. The van der Waals surface area contributed by atoms with Gasteiger partial charge in [-0.1, -0.05) is 42.7 Å². The molecule has 118 valence electrons. The minimum Gasteiger partial charge on any atom is -0.378 e. The lowest BCUT2D eigenvalue weighted by Crippen LogP contribution is -2.31. The SMILES string of the molecule is CC(C)c1nc(CCNC(=O)[C@H](O)c2ccc(Cl)cc2)no1. The van der Waals surface area contributed by atoms with Gasteiger partial charge in [0.2, 0.25) is 5.89 Å². The van der Waals surface area contributed by atoms with E-state index in [4.69, 9.17) is 16.1 Å². The predicted octanol–water partition coefficient (Wildman–Crippen LogP) is 2.24. The lowest BCUT2D eigenvalue weighted by Gasteiger charge is -2.11. The molecule has 0 radical (unpaired) electrons. The standard InChI is InChI=1S/C15H18ClN3O3/c1-9(2)15-18-12(19-22-15)7-8-17-14(21)13(20)10-3-5-11(16)6-4-10/h3-6,9,13,20H,7-8H2,1-2H3,(H,17,21)/t13-/m1/s1. The van der Waals surface area contributed by atoms with Crippen LogP contribution in [0.5, 0.6) is 0 Å². The summed E-state index contributed by atoms with van der Waals surface area (Å²) in [5, 5.41) is 17.0. The Morgan fingerprint density at radius 2 is 2.05 bits per heavy atom. The normalized spacial score (nSPS) is 12.4. The van der Waals surface area contributed by atoms with Gasteiger partial charge in [0, 0.05) is 23.9 Å². The van der Waals surface area contributed by atoms with Gasteiger partial charge >= 0.3 is 0 Å². The third-order valence-corrected chi connectivity index (χ3v) is 3.31. The van der Waals surface area contributed by atoms with Crippen LogP contribution in [0.3, 0.4) is 0 Å². The second-order valence-corrected chi connectivity index (χ2v) is 5.64. The Bertz CT molecular complexity index is 625. The first-order valence-electron chi connectivity index (χ1n) is 7.01. The number of aromatic nitrogens is 2. The molecule has 2 aromatic rings. The first-order valence-corrected chi connectivity index (χ1v) is 7.39. The van der Waals surface area contributed by atoms with Crippen molar-refractivity contribution in [2.75, 3.05) is 6.54 Å². The highest BCUT2D eigenvalue weighted by molar-refractivity contribution is 6.30. The van der Waals surface area contributed by atoms with Crippen molar-refractivity contribution in [3.63, 3.8) is 0 Å². The Morgan fingerprint density at radius 1 is 1.36 bits per heavy atom. The van der Waals surface area contributed by atoms with E-state index in [0.717, 1.165) is 0 Å². The van der Waals surface area contributed by atoms with Gasteiger partial charge in [-0.2, -0.15) is 4.98 Å². The smallest absolute Gasteiger partial charge is 0.253 e. The Balaban J connectivity index is 1.83. The molecule has 2 N–H and O–H groups in total. The summed E-state index contributed by atoms with van der Waals surface area (Å²) in [7, 11) is 0. The van der Waals surface area contributed by atoms with Crippen LogP contribution in [-0.2, 0) is 11.2 Å². The van der Waals surface area contributed by atoms with E-state index in [1.165, 1.54) is 0 Å². The minimum atomic E-state index is -1.23. The van der Waals surface area contributed by atoms with Gasteiger partial charge in [-0.25, -0.2) is 0 Å². The fourth-order valence-electron chi connectivity index (χ4n) is 1.79. The molecule has 0 saturated carbocycles. The fraction of sp³-hybridized carbons (Fsp3) is 0.400. The molecule has 2 rings (SSSR count). The maximum absolute atomic E-state index is 11.9. The summed E-state index contributed by atoms with van der Waals surface area (Å²) in [6.07, 6.45) is -0.788. The van der Waals surface area contributed by atoms with Gasteiger partial charge in [-0.15, -0.1) is 0 Å². The van der Waals surface area contributed by atoms with Gasteiger partial charge in [0.25, 0.3) is 5.91 Å². The van der Waals surface area contributed by atoms with Crippen molar-refractivity contribution in [1.29, 1.82) is 0 Å². The molecule has 1 atom stereocenters. The lowest BCUT2D eigenvalue weighted by atomic mass is 10.1. The Kier molecular flexibility index (Phi) is 5.51. The number of carbonyl (C=O) groups is 1. The van der Waals surface area contributed by atoms with Crippen molar-refractivity contribution < 1.29 is 14.4 Å². The fourth-order valence-corrected chi connectivity index (χ4v) is 1.92. The third kappa shape index (κ3) is 4.29. The van der Waals surface area contributed by atoms with Crippen molar-refractivity contribution in [1.82, 2.24) is 15.5 Å². The molecule has 7 heteroatoms. The van der Waals surface area contributed by atoms with E-state index in [1.54, 1.807) is 24.3 Å². The van der Waals surface area contributed by atoms with E-state index < -0.39 is 12.0 Å². The molecule has 0 spiro atoms. The molecule has 1 aromatic carbocycles. The summed E-state index contributed by atoms with van der Waals surface area (Å²) in [4.78, 5) is 16.1. The Morgan fingerprint density at radius 3 is 2.64 bits per heavy atom. The topological polar surface area (TPSA) is 88.2 Å². The van der Waals surface area contributed by atoms with Crippen molar-refractivity contribution in [2.24, 2.45) is 0 Å². The van der Waals surface area contributed by atoms with E-state index in [-0.39, 0.29) is 5.92 Å². The molecule has 0 bridgehead atoms. The number of amides is 1. The van der Waals surface area contributed by atoms with Crippen LogP contribution in [0, 0.1) is 0 Å². The number of carbonyl (C=O) groups excluding carboxylic acids is 1. The predicted molar refractivity (Wildman–Crippen MR) is 81.5 cm³/mol. The van der Waals surface area contributed by atoms with E-state index >= 15 is 0 Å². The van der Waals surface area contributed by atoms with E-state index in [2.05, 4.69) is 15.5 Å². The van der Waals surface area contributed by atoms with Crippen LogP contribution in [0.4, 0.5) is 0 Å². The molecule has 0 saturated heterocycles. The number of nitrogens with one attached hydrogen (secondary N) is 1. The molecule has 1 aromatic heterocycles. The minimum absolute atomic E-state index is 0.169. The van der Waals surface area contributed by atoms with Crippen LogP contribution in [-0.4, -0.2) is 27.7 Å². The van der Waals surface area contributed by atoms with Crippen LogP contribution in [0.2, 0.25) is 5.02 Å². The molecular weight excluding hydrogens is 306 g/mol. The van der Waals surface area contributed by atoms with Gasteiger partial charge in [0.15, 0.2) is 11.9 Å². The number of hydrogen-bond acceptors (Lipinski definition) is 5. The first kappa shape index (κ1) is 16.5. The number of aliphatic hydroxyl groups is 1. The van der Waals surface area contributed by atoms with E-state index in [1.807, 2.05) is 13.8 Å². The zero-order valence-electron chi connectivity index (χ0n) is 12.4. The summed E-state index contributed by atoms with van der Waals surface area (Å²) < 4.78 is 5.08. The van der Waals surface area contributed by atoms with Crippen molar-refractivity contribution >= 4 is 17.5 Å². The number of hydrogen-bond donors (Lipinski definition) is 2. The van der Waals surface area contributed by atoms with Crippen LogP contribution < -0.4 is 5.32 Å². The Labute approximate surface area is 133 Å². The van der Waals surface area contributed by atoms with E-state index in [9.17, 15) is 9.90 Å². The highest BCUT2D eigenvalue weighted by atomic mass is 35.5. The van der Waals surface area contributed by atoms with Crippen molar-refractivity contribution in [2.45, 2.75) is 32.3 Å². The zero-order valence-corrected chi connectivity index (χ0v) is 13.2. The van der Waals surface area contributed by atoms with Crippen LogP contribution >= 0.6 is 11.6 Å². The van der Waals surface area contributed by atoms with Crippen molar-refractivity contribution in [3.05, 3.63) is 46.6 Å². The average Bonchev–Trinajstić information content (AvgIpc) is 2.96. The molecule has 0 fully saturated rings. The molecule has 6 nitrogen and oxygen atoms in total. The monoisotopic (exact) mass is 323 g/mol. The molecule has 0 aliphatic heterocycles. The maximum atomic E-state index is 11.9. The van der Waals surface area contributed by atoms with Crippen LogP contribution in [0.25, 0.3) is 0 Å². The molecule has 0 unspecified atom stereocenters. The zero-order chi connectivity index (χ0) is 16.1. The maximum Gasteiger partial charge on any atom is 0.253 e. The third-order valence-electron chi connectivity index (χ3n) is 3.06. The molecule has 0 aliphatic rings. The molecule has 0 aliphatic carbocycles. The van der Waals surface area contributed by atoms with Gasteiger partial charge in [0.1, 0.15) is 0 Å². The summed E-state index contributed by atoms with van der Waals surface area (Å²) in [5.41, 5.74) is 0.489. The lowest BCUT2D eigenvalue weighted by molar-refractivity contribution is -0.129. The molecule has 1 amide bonds. The summed E-state index contributed by atoms with van der Waals surface area (Å²) in [6.45, 7) is 4.24.